The molecule has 2 heterocycles. The quantitative estimate of drug-likeness (QED) is 0.162. The fraction of sp³-hybridized carbons (Fsp3) is 0.692. The normalized spacial score (nSPS) is 22.2. The third kappa shape index (κ3) is 8.88. The van der Waals surface area contributed by atoms with E-state index >= 15 is 0 Å². The molecule has 45 heavy (non-hydrogen) atoms. The first-order chi connectivity index (χ1) is 21.9. The molecule has 0 saturated carbocycles. The van der Waals surface area contributed by atoms with Gasteiger partial charge in [0.2, 0.25) is 0 Å². The van der Waals surface area contributed by atoms with Crippen LogP contribution >= 0.6 is 0 Å². The lowest BCUT2D eigenvalue weighted by molar-refractivity contribution is 0.257. The Hall–Kier alpha value is -2.44. The van der Waals surface area contributed by atoms with Gasteiger partial charge >= 0.3 is 0 Å². The lowest BCUT2D eigenvalue weighted by Gasteiger charge is -2.38. The Kier molecular flexibility index (Phi) is 13.7. The van der Waals surface area contributed by atoms with E-state index in [1.54, 1.807) is 28.4 Å². The molecule has 0 aliphatic carbocycles. The summed E-state index contributed by atoms with van der Waals surface area (Å²) in [7, 11) is 6.97. The molecule has 2 N–H and O–H groups in total. The zero-order chi connectivity index (χ0) is 32.3. The molecule has 4 rings (SSSR count). The fourth-order valence-electron chi connectivity index (χ4n) is 8.03. The van der Waals surface area contributed by atoms with Crippen LogP contribution in [-0.2, 0) is 12.8 Å². The van der Waals surface area contributed by atoms with Crippen LogP contribution in [0.5, 0.6) is 23.0 Å². The number of unbranched alkanes of at least 4 members (excludes halogenated alkanes) is 4. The van der Waals surface area contributed by atoms with E-state index in [2.05, 4.69) is 62.6 Å². The van der Waals surface area contributed by atoms with Crippen LogP contribution in [0.1, 0.15) is 133 Å². The largest absolute Gasteiger partial charge is 0.493 e. The Balaban J connectivity index is 1.44. The molecular weight excluding hydrogens is 560 g/mol. The summed E-state index contributed by atoms with van der Waals surface area (Å²) in [4.78, 5) is 0. The SMILES string of the molecule is CCCCC(CCCCCC(CCCC)C1NC(C)Cc2cc(OC)c(OC)cc21)C1NC(C)Cc2cc(OC)c(OC)cc21. The van der Waals surface area contributed by atoms with Crippen LogP contribution in [0.25, 0.3) is 0 Å². The van der Waals surface area contributed by atoms with Gasteiger partial charge in [0.1, 0.15) is 0 Å². The molecule has 0 radical (unpaired) electrons. The van der Waals surface area contributed by atoms with Crippen LogP contribution in [0.2, 0.25) is 0 Å². The van der Waals surface area contributed by atoms with Gasteiger partial charge in [0.25, 0.3) is 0 Å². The molecule has 0 aromatic heterocycles. The number of benzene rings is 2. The van der Waals surface area contributed by atoms with Gasteiger partial charge < -0.3 is 29.6 Å². The highest BCUT2D eigenvalue weighted by atomic mass is 16.5. The zero-order valence-corrected chi connectivity index (χ0v) is 29.6. The van der Waals surface area contributed by atoms with Crippen molar-refractivity contribution in [3.8, 4) is 23.0 Å². The summed E-state index contributed by atoms with van der Waals surface area (Å²) in [6.45, 7) is 9.28. The van der Waals surface area contributed by atoms with E-state index in [0.717, 1.165) is 35.8 Å². The number of hydrogen-bond acceptors (Lipinski definition) is 6. The Labute approximate surface area is 274 Å². The molecule has 0 amide bonds. The minimum Gasteiger partial charge on any atom is -0.493 e. The Morgan fingerprint density at radius 2 is 0.911 bits per heavy atom. The summed E-state index contributed by atoms with van der Waals surface area (Å²) in [6, 6.07) is 10.6. The molecule has 0 fully saturated rings. The molecule has 0 saturated heterocycles. The number of fused-ring (bicyclic) bond motifs is 2. The molecule has 0 spiro atoms. The molecule has 6 unspecified atom stereocenters. The second-order valence-corrected chi connectivity index (χ2v) is 13.8. The Morgan fingerprint density at radius 3 is 1.27 bits per heavy atom. The standard InChI is InChI=1S/C39H62N2O4/c1-9-11-16-28(38-32-24-36(44-7)34(42-5)22-30(32)20-26(3)40-38)18-14-13-15-19-29(17-12-10-2)39-33-25-37(45-8)35(43-6)23-31(33)21-27(4)41-39/h22-29,38-41H,9-21H2,1-8H3. The van der Waals surface area contributed by atoms with Gasteiger partial charge in [-0.2, -0.15) is 0 Å². The summed E-state index contributed by atoms with van der Waals surface area (Å²) in [6.07, 6.45) is 16.0. The van der Waals surface area contributed by atoms with Crippen LogP contribution in [0.15, 0.2) is 24.3 Å². The van der Waals surface area contributed by atoms with Crippen LogP contribution in [0.4, 0.5) is 0 Å². The van der Waals surface area contributed by atoms with Crippen molar-refractivity contribution in [3.63, 3.8) is 0 Å². The zero-order valence-electron chi connectivity index (χ0n) is 29.6. The third-order valence-electron chi connectivity index (χ3n) is 10.4. The predicted molar refractivity (Wildman–Crippen MR) is 186 cm³/mol. The molecule has 6 heteroatoms. The van der Waals surface area contributed by atoms with E-state index < -0.39 is 0 Å². The monoisotopic (exact) mass is 622 g/mol. The van der Waals surface area contributed by atoms with E-state index in [4.69, 9.17) is 18.9 Å². The topological polar surface area (TPSA) is 61.0 Å². The summed E-state index contributed by atoms with van der Waals surface area (Å²) in [5, 5.41) is 8.01. The number of rotatable bonds is 18. The summed E-state index contributed by atoms with van der Waals surface area (Å²) < 4.78 is 22.8. The van der Waals surface area contributed by atoms with Gasteiger partial charge in [-0.25, -0.2) is 0 Å². The van der Waals surface area contributed by atoms with Gasteiger partial charge in [-0.05, 0) is 111 Å². The molecule has 0 bridgehead atoms. The van der Waals surface area contributed by atoms with E-state index in [0.29, 0.717) is 36.0 Å². The van der Waals surface area contributed by atoms with Gasteiger partial charge in [0.05, 0.1) is 28.4 Å². The average molecular weight is 623 g/mol. The summed E-state index contributed by atoms with van der Waals surface area (Å²) in [5.41, 5.74) is 5.64. The number of hydrogen-bond donors (Lipinski definition) is 2. The second kappa shape index (κ2) is 17.5. The maximum absolute atomic E-state index is 5.73. The molecule has 2 aliphatic heterocycles. The van der Waals surface area contributed by atoms with Crippen molar-refractivity contribution in [2.24, 2.45) is 11.8 Å². The van der Waals surface area contributed by atoms with Crippen molar-refractivity contribution < 1.29 is 18.9 Å². The smallest absolute Gasteiger partial charge is 0.161 e. The van der Waals surface area contributed by atoms with Gasteiger partial charge in [0.15, 0.2) is 23.0 Å². The van der Waals surface area contributed by atoms with Gasteiger partial charge in [-0.3, -0.25) is 0 Å². The molecule has 252 valence electrons. The van der Waals surface area contributed by atoms with Gasteiger partial charge in [-0.1, -0.05) is 58.8 Å². The first-order valence-corrected chi connectivity index (χ1v) is 17.9. The number of methoxy groups -OCH3 is 4. The lowest BCUT2D eigenvalue weighted by atomic mass is 9.78. The highest BCUT2D eigenvalue weighted by Gasteiger charge is 2.33. The van der Waals surface area contributed by atoms with Crippen molar-refractivity contribution >= 4 is 0 Å². The molecule has 2 aromatic carbocycles. The van der Waals surface area contributed by atoms with Crippen molar-refractivity contribution in [3.05, 3.63) is 46.5 Å². The van der Waals surface area contributed by atoms with Crippen molar-refractivity contribution in [1.82, 2.24) is 10.6 Å². The minimum atomic E-state index is 0.365. The maximum Gasteiger partial charge on any atom is 0.161 e. The number of ether oxygens (including phenoxy) is 4. The van der Waals surface area contributed by atoms with Gasteiger partial charge in [0, 0.05) is 24.2 Å². The van der Waals surface area contributed by atoms with E-state index in [-0.39, 0.29) is 0 Å². The van der Waals surface area contributed by atoms with E-state index in [1.807, 2.05) is 0 Å². The van der Waals surface area contributed by atoms with Crippen LogP contribution in [-0.4, -0.2) is 40.5 Å². The van der Waals surface area contributed by atoms with Crippen LogP contribution < -0.4 is 29.6 Å². The van der Waals surface area contributed by atoms with Crippen molar-refractivity contribution in [2.75, 3.05) is 28.4 Å². The average Bonchev–Trinajstić information content (AvgIpc) is 3.05. The fourth-order valence-corrected chi connectivity index (χ4v) is 8.03. The molecule has 2 aromatic rings. The maximum atomic E-state index is 5.73. The van der Waals surface area contributed by atoms with Crippen molar-refractivity contribution in [2.45, 2.75) is 135 Å². The highest BCUT2D eigenvalue weighted by Crippen LogP contribution is 2.43. The molecule has 6 atom stereocenters. The highest BCUT2D eigenvalue weighted by molar-refractivity contribution is 5.51. The number of nitrogens with one attached hydrogen (secondary N) is 2. The first-order valence-electron chi connectivity index (χ1n) is 17.9. The summed E-state index contributed by atoms with van der Waals surface area (Å²) in [5.74, 6) is 4.61. The van der Waals surface area contributed by atoms with E-state index in [9.17, 15) is 0 Å². The third-order valence-corrected chi connectivity index (χ3v) is 10.4. The molecule has 2 aliphatic rings. The Morgan fingerprint density at radius 1 is 0.556 bits per heavy atom. The van der Waals surface area contributed by atoms with Crippen LogP contribution in [0, 0.1) is 11.8 Å². The Bertz CT molecular complexity index is 1110. The van der Waals surface area contributed by atoms with Crippen LogP contribution in [0.3, 0.4) is 0 Å². The second-order valence-electron chi connectivity index (χ2n) is 13.8. The van der Waals surface area contributed by atoms with Gasteiger partial charge in [-0.15, -0.1) is 0 Å². The van der Waals surface area contributed by atoms with E-state index in [1.165, 1.54) is 92.9 Å². The lowest BCUT2D eigenvalue weighted by Crippen LogP contribution is -2.41. The predicted octanol–water partition coefficient (Wildman–Crippen LogP) is 9.14. The minimum absolute atomic E-state index is 0.365. The first kappa shape index (κ1) is 35.4. The molecular formula is C39H62N2O4. The summed E-state index contributed by atoms with van der Waals surface area (Å²) >= 11 is 0. The molecule has 6 nitrogen and oxygen atoms in total. The van der Waals surface area contributed by atoms with Crippen molar-refractivity contribution in [1.29, 1.82) is 0 Å².